The number of anilines is 1. The Balaban J connectivity index is 0.00000169. The Morgan fingerprint density at radius 2 is 2.17 bits per heavy atom. The average molecular weight is 441 g/mol. The van der Waals surface area contributed by atoms with Crippen LogP contribution in [-0.4, -0.2) is 24.7 Å². The van der Waals surface area contributed by atoms with Crippen LogP contribution in [0.1, 0.15) is 44.6 Å². The summed E-state index contributed by atoms with van der Waals surface area (Å²) in [4.78, 5) is 4.91. The van der Waals surface area contributed by atoms with Gasteiger partial charge in [-0.1, -0.05) is 31.9 Å². The first-order chi connectivity index (χ1) is 11.2. The Bertz CT molecular complexity index is 612. The lowest BCUT2D eigenvalue weighted by Gasteiger charge is -2.54. The van der Waals surface area contributed by atoms with Gasteiger partial charge < -0.3 is 15.8 Å². The fraction of sp³-hybridized carbons (Fsp3) is 0.632. The zero-order valence-electron chi connectivity index (χ0n) is 14.3. The number of fused-ring (bicyclic) bond motifs is 2. The van der Waals surface area contributed by atoms with Crippen molar-refractivity contribution in [2.75, 3.05) is 11.9 Å². The molecule has 3 atom stereocenters. The number of ether oxygens (including phenoxy) is 1. The molecule has 3 unspecified atom stereocenters. The summed E-state index contributed by atoms with van der Waals surface area (Å²) in [5.74, 6) is 1.13. The minimum Gasteiger partial charge on any atom is -0.377 e. The Hall–Kier alpha value is -0.820. The number of benzene rings is 1. The monoisotopic (exact) mass is 441 g/mol. The van der Waals surface area contributed by atoms with Crippen molar-refractivity contribution < 1.29 is 4.74 Å². The SMILES string of the molecule is CCc1cccc(NC(N)=NC2C3CCOC3C23CCCC3)c1.I. The number of aryl methyl sites for hydroxylation is 1. The van der Waals surface area contributed by atoms with Gasteiger partial charge in [-0.15, -0.1) is 24.0 Å². The summed E-state index contributed by atoms with van der Waals surface area (Å²) in [5, 5.41) is 3.29. The molecule has 0 bridgehead atoms. The molecular weight excluding hydrogens is 413 g/mol. The number of hydrogen-bond donors (Lipinski definition) is 2. The van der Waals surface area contributed by atoms with Crippen molar-refractivity contribution in [2.24, 2.45) is 22.1 Å². The fourth-order valence-corrected chi connectivity index (χ4v) is 5.03. The van der Waals surface area contributed by atoms with E-state index in [4.69, 9.17) is 15.5 Å². The number of nitrogens with zero attached hydrogens (tertiary/aromatic N) is 1. The van der Waals surface area contributed by atoms with E-state index in [2.05, 4.69) is 36.5 Å². The van der Waals surface area contributed by atoms with Crippen molar-refractivity contribution in [2.45, 2.75) is 57.6 Å². The highest BCUT2D eigenvalue weighted by molar-refractivity contribution is 14.0. The third-order valence-electron chi connectivity index (χ3n) is 6.12. The average Bonchev–Trinajstić information content (AvgIpc) is 3.21. The molecule has 5 heteroatoms. The highest BCUT2D eigenvalue weighted by Crippen LogP contribution is 2.62. The zero-order valence-corrected chi connectivity index (χ0v) is 16.7. The van der Waals surface area contributed by atoms with Gasteiger partial charge in [0.25, 0.3) is 0 Å². The Morgan fingerprint density at radius 3 is 2.92 bits per heavy atom. The molecule has 1 aliphatic heterocycles. The summed E-state index contributed by atoms with van der Waals surface area (Å²) in [6, 6.07) is 8.75. The Kier molecular flexibility index (Phi) is 5.39. The number of hydrogen-bond acceptors (Lipinski definition) is 2. The number of aliphatic imine (C=N–C) groups is 1. The first kappa shape index (κ1) is 18.0. The van der Waals surface area contributed by atoms with Gasteiger partial charge >= 0.3 is 0 Å². The van der Waals surface area contributed by atoms with Gasteiger partial charge in [0.2, 0.25) is 0 Å². The number of halogens is 1. The maximum atomic E-state index is 6.24. The molecule has 3 N–H and O–H groups in total. The molecule has 24 heavy (non-hydrogen) atoms. The number of nitrogens with two attached hydrogens (primary N) is 1. The maximum Gasteiger partial charge on any atom is 0.193 e. The van der Waals surface area contributed by atoms with E-state index in [1.165, 1.54) is 31.2 Å². The van der Waals surface area contributed by atoms with Crippen molar-refractivity contribution in [3.05, 3.63) is 29.8 Å². The molecule has 1 aromatic carbocycles. The second-order valence-electron chi connectivity index (χ2n) is 7.32. The van der Waals surface area contributed by atoms with Gasteiger partial charge in [0.1, 0.15) is 0 Å². The minimum atomic E-state index is 0. The standard InChI is InChI=1S/C19H27N3O.HI/c1-2-13-6-5-7-14(12-13)21-18(20)22-16-15-8-11-23-17(15)19(16)9-3-4-10-19;/h5-7,12,15-17H,2-4,8-11H2,1H3,(H3,20,21,22);1H. The van der Waals surface area contributed by atoms with E-state index in [1.807, 2.05) is 0 Å². The van der Waals surface area contributed by atoms with Gasteiger partial charge in [0.05, 0.1) is 12.1 Å². The molecule has 132 valence electrons. The summed E-state index contributed by atoms with van der Waals surface area (Å²) >= 11 is 0. The molecule has 2 aliphatic carbocycles. The largest absolute Gasteiger partial charge is 0.377 e. The molecule has 0 radical (unpaired) electrons. The van der Waals surface area contributed by atoms with Crippen LogP contribution in [0, 0.1) is 11.3 Å². The summed E-state index contributed by atoms with van der Waals surface area (Å²) in [6.07, 6.45) is 7.73. The molecule has 4 nitrogen and oxygen atoms in total. The molecule has 0 aromatic heterocycles. The third kappa shape index (κ3) is 2.94. The summed E-state index contributed by atoms with van der Waals surface area (Å²) in [5.41, 5.74) is 8.86. The molecule has 0 amide bonds. The first-order valence-corrected chi connectivity index (χ1v) is 9.04. The quantitative estimate of drug-likeness (QED) is 0.425. The highest BCUT2D eigenvalue weighted by atomic mass is 127. The van der Waals surface area contributed by atoms with Gasteiger partial charge in [-0.3, -0.25) is 0 Å². The molecule has 2 saturated carbocycles. The van der Waals surface area contributed by atoms with Gasteiger partial charge in [-0.2, -0.15) is 0 Å². The van der Waals surface area contributed by atoms with Crippen LogP contribution in [0.25, 0.3) is 0 Å². The molecule has 1 heterocycles. The van der Waals surface area contributed by atoms with Crippen LogP contribution in [-0.2, 0) is 11.2 Å². The van der Waals surface area contributed by atoms with Gasteiger partial charge in [-0.25, -0.2) is 4.99 Å². The second-order valence-corrected chi connectivity index (χ2v) is 7.32. The lowest BCUT2D eigenvalue weighted by atomic mass is 9.54. The van der Waals surface area contributed by atoms with Crippen LogP contribution < -0.4 is 11.1 Å². The molecular formula is C19H28IN3O. The number of nitrogens with one attached hydrogen (secondary N) is 1. The van der Waals surface area contributed by atoms with E-state index in [1.54, 1.807) is 0 Å². The Morgan fingerprint density at radius 1 is 1.38 bits per heavy atom. The van der Waals surface area contributed by atoms with Gasteiger partial charge in [0.15, 0.2) is 5.96 Å². The van der Waals surface area contributed by atoms with Crippen LogP contribution >= 0.6 is 24.0 Å². The zero-order chi connectivity index (χ0) is 15.9. The van der Waals surface area contributed by atoms with E-state index < -0.39 is 0 Å². The van der Waals surface area contributed by atoms with Crippen molar-refractivity contribution in [1.29, 1.82) is 0 Å². The normalized spacial score (nSPS) is 30.5. The van der Waals surface area contributed by atoms with E-state index >= 15 is 0 Å². The first-order valence-electron chi connectivity index (χ1n) is 9.04. The molecule has 4 rings (SSSR count). The van der Waals surface area contributed by atoms with Crippen molar-refractivity contribution in [3.8, 4) is 0 Å². The fourth-order valence-electron chi connectivity index (χ4n) is 5.03. The molecule has 1 saturated heterocycles. The molecule has 3 fully saturated rings. The van der Waals surface area contributed by atoms with Crippen LogP contribution in [0.4, 0.5) is 5.69 Å². The lowest BCUT2D eigenvalue weighted by Crippen LogP contribution is -2.61. The van der Waals surface area contributed by atoms with Crippen LogP contribution in [0.2, 0.25) is 0 Å². The molecule has 1 spiro atoms. The van der Waals surface area contributed by atoms with Crippen molar-refractivity contribution >= 4 is 35.6 Å². The van der Waals surface area contributed by atoms with Gasteiger partial charge in [-0.05, 0) is 43.4 Å². The predicted octanol–water partition coefficient (Wildman–Crippen LogP) is 3.94. The minimum absolute atomic E-state index is 0. The smallest absolute Gasteiger partial charge is 0.193 e. The predicted molar refractivity (Wildman–Crippen MR) is 109 cm³/mol. The summed E-state index contributed by atoms with van der Waals surface area (Å²) in [7, 11) is 0. The van der Waals surface area contributed by atoms with Crippen LogP contribution in [0.3, 0.4) is 0 Å². The second kappa shape index (κ2) is 7.20. The summed E-state index contributed by atoms with van der Waals surface area (Å²) < 4.78 is 6.02. The van der Waals surface area contributed by atoms with Crippen molar-refractivity contribution in [3.63, 3.8) is 0 Å². The van der Waals surface area contributed by atoms with Gasteiger partial charge in [0, 0.05) is 23.6 Å². The maximum absolute atomic E-state index is 6.24. The third-order valence-corrected chi connectivity index (χ3v) is 6.12. The van der Waals surface area contributed by atoms with E-state index in [0.29, 0.717) is 24.0 Å². The Labute approximate surface area is 161 Å². The van der Waals surface area contributed by atoms with Crippen LogP contribution in [0.15, 0.2) is 29.3 Å². The lowest BCUT2D eigenvalue weighted by molar-refractivity contribution is -0.117. The highest BCUT2D eigenvalue weighted by Gasteiger charge is 2.65. The van der Waals surface area contributed by atoms with E-state index in [9.17, 15) is 0 Å². The topological polar surface area (TPSA) is 59.6 Å². The molecule has 1 aromatic rings. The van der Waals surface area contributed by atoms with Crippen LogP contribution in [0.5, 0.6) is 0 Å². The summed E-state index contributed by atoms with van der Waals surface area (Å²) in [6.45, 7) is 3.06. The van der Waals surface area contributed by atoms with Crippen molar-refractivity contribution in [1.82, 2.24) is 0 Å². The molecule has 3 aliphatic rings. The number of rotatable bonds is 3. The van der Waals surface area contributed by atoms with E-state index in [0.717, 1.165) is 25.1 Å². The number of guanidine groups is 1. The van der Waals surface area contributed by atoms with E-state index in [-0.39, 0.29) is 29.4 Å².